The van der Waals surface area contributed by atoms with Crippen LogP contribution >= 0.6 is 0 Å². The Morgan fingerprint density at radius 2 is 2.00 bits per heavy atom. The van der Waals surface area contributed by atoms with E-state index in [0.717, 1.165) is 11.1 Å². The van der Waals surface area contributed by atoms with Crippen LogP contribution in [0.4, 0.5) is 4.79 Å². The molecule has 1 aliphatic heterocycles. The number of hydrogen-bond acceptors (Lipinski definition) is 5. The van der Waals surface area contributed by atoms with Gasteiger partial charge in [-0.25, -0.2) is 13.2 Å². The summed E-state index contributed by atoms with van der Waals surface area (Å²) in [4.78, 5) is 14.1. The van der Waals surface area contributed by atoms with Gasteiger partial charge in [0.25, 0.3) is 0 Å². The van der Waals surface area contributed by atoms with Gasteiger partial charge in [0.15, 0.2) is 16.1 Å². The van der Waals surface area contributed by atoms with Crippen LogP contribution < -0.4 is 0 Å². The molecule has 1 aliphatic rings. The number of sulfone groups is 1. The molecule has 1 heterocycles. The second-order valence-electron chi connectivity index (χ2n) is 6.46. The molecule has 0 radical (unpaired) electrons. The zero-order valence-corrected chi connectivity index (χ0v) is 14.9. The standard InChI is InChI=1S/C16H23NO5S/c1-6-23(19,20)12-7-8-13-11(9-12)10-17(14(13)21-5)15(18)22-16(2,3)4/h7-9,14H,6,10H2,1-5H3. The van der Waals surface area contributed by atoms with Crippen molar-refractivity contribution in [2.75, 3.05) is 12.9 Å². The Morgan fingerprint density at radius 1 is 1.35 bits per heavy atom. The first-order chi connectivity index (χ1) is 10.6. The van der Waals surface area contributed by atoms with Crippen LogP contribution in [0.15, 0.2) is 23.1 Å². The van der Waals surface area contributed by atoms with Crippen molar-refractivity contribution in [2.45, 2.75) is 51.0 Å². The fraction of sp³-hybridized carbons (Fsp3) is 0.562. The second kappa shape index (κ2) is 6.13. The Bertz CT molecular complexity index is 706. The van der Waals surface area contributed by atoms with Crippen molar-refractivity contribution in [2.24, 2.45) is 0 Å². The number of carbonyl (C=O) groups excluding carboxylic acids is 1. The SMILES string of the molecule is CCS(=O)(=O)c1ccc2c(c1)CN(C(=O)OC(C)(C)C)C2OC. The van der Waals surface area contributed by atoms with E-state index < -0.39 is 27.8 Å². The molecule has 0 fully saturated rings. The van der Waals surface area contributed by atoms with Crippen molar-refractivity contribution >= 4 is 15.9 Å². The number of hydrogen-bond donors (Lipinski definition) is 0. The average molecular weight is 341 g/mol. The molecule has 7 heteroatoms. The van der Waals surface area contributed by atoms with Gasteiger partial charge in [-0.1, -0.05) is 13.0 Å². The smallest absolute Gasteiger partial charge is 0.412 e. The number of rotatable bonds is 3. The molecule has 0 spiro atoms. The van der Waals surface area contributed by atoms with E-state index in [2.05, 4.69) is 0 Å². The van der Waals surface area contributed by atoms with Crippen LogP contribution in [0.25, 0.3) is 0 Å². The van der Waals surface area contributed by atoms with Crippen LogP contribution in [0.1, 0.15) is 45.0 Å². The molecular formula is C16H23NO5S. The highest BCUT2D eigenvalue weighted by Crippen LogP contribution is 2.36. The van der Waals surface area contributed by atoms with Crippen LogP contribution in [-0.2, 0) is 25.9 Å². The molecule has 0 N–H and O–H groups in total. The molecular weight excluding hydrogens is 318 g/mol. The zero-order chi connectivity index (χ0) is 17.4. The molecule has 1 unspecified atom stereocenters. The predicted molar refractivity (Wildman–Crippen MR) is 85.7 cm³/mol. The highest BCUT2D eigenvalue weighted by atomic mass is 32.2. The summed E-state index contributed by atoms with van der Waals surface area (Å²) >= 11 is 0. The first-order valence-corrected chi connectivity index (χ1v) is 9.12. The van der Waals surface area contributed by atoms with Gasteiger partial charge >= 0.3 is 6.09 Å². The number of nitrogens with zero attached hydrogens (tertiary/aromatic N) is 1. The Kier molecular flexibility index (Phi) is 4.73. The lowest BCUT2D eigenvalue weighted by molar-refractivity contribution is -0.0448. The largest absolute Gasteiger partial charge is 0.444 e. The van der Waals surface area contributed by atoms with Gasteiger partial charge in [0.05, 0.1) is 17.2 Å². The lowest BCUT2D eigenvalue weighted by atomic mass is 10.1. The first-order valence-electron chi connectivity index (χ1n) is 7.47. The van der Waals surface area contributed by atoms with Crippen molar-refractivity contribution in [1.82, 2.24) is 4.90 Å². The lowest BCUT2D eigenvalue weighted by Crippen LogP contribution is -2.36. The Hall–Kier alpha value is -1.60. The third-order valence-electron chi connectivity index (χ3n) is 3.59. The number of fused-ring (bicyclic) bond motifs is 1. The molecule has 0 aromatic heterocycles. The average Bonchev–Trinajstić information content (AvgIpc) is 2.83. The fourth-order valence-electron chi connectivity index (χ4n) is 2.49. The molecule has 1 aromatic rings. The summed E-state index contributed by atoms with van der Waals surface area (Å²) in [6, 6.07) is 4.88. The quantitative estimate of drug-likeness (QED) is 0.845. The molecule has 1 amide bonds. The van der Waals surface area contributed by atoms with Gasteiger partial charge in [-0.05, 0) is 38.5 Å². The summed E-state index contributed by atoms with van der Waals surface area (Å²) in [6.45, 7) is 7.24. The van der Waals surface area contributed by atoms with E-state index >= 15 is 0 Å². The van der Waals surface area contributed by atoms with E-state index in [9.17, 15) is 13.2 Å². The van der Waals surface area contributed by atoms with Crippen molar-refractivity contribution in [1.29, 1.82) is 0 Å². The molecule has 0 saturated heterocycles. The minimum atomic E-state index is -3.29. The number of carbonyl (C=O) groups is 1. The summed E-state index contributed by atoms with van der Waals surface area (Å²) < 4.78 is 34.8. The zero-order valence-electron chi connectivity index (χ0n) is 14.1. The molecule has 0 bridgehead atoms. The van der Waals surface area contributed by atoms with Gasteiger partial charge in [-0.2, -0.15) is 0 Å². The van der Waals surface area contributed by atoms with Gasteiger partial charge in [0, 0.05) is 12.7 Å². The lowest BCUT2D eigenvalue weighted by Gasteiger charge is -2.27. The van der Waals surface area contributed by atoms with Crippen LogP contribution in [0.2, 0.25) is 0 Å². The molecule has 128 valence electrons. The maximum absolute atomic E-state index is 12.3. The minimum absolute atomic E-state index is 0.0370. The van der Waals surface area contributed by atoms with Gasteiger partial charge < -0.3 is 9.47 Å². The summed E-state index contributed by atoms with van der Waals surface area (Å²) in [5.41, 5.74) is 0.937. The van der Waals surface area contributed by atoms with Gasteiger partial charge in [0.2, 0.25) is 0 Å². The Balaban J connectivity index is 2.34. The van der Waals surface area contributed by atoms with E-state index in [-0.39, 0.29) is 17.2 Å². The topological polar surface area (TPSA) is 72.9 Å². The Morgan fingerprint density at radius 3 is 2.52 bits per heavy atom. The number of benzene rings is 1. The van der Waals surface area contributed by atoms with E-state index in [1.807, 2.05) is 0 Å². The van der Waals surface area contributed by atoms with Gasteiger partial charge in [0.1, 0.15) is 5.60 Å². The first kappa shape index (κ1) is 17.7. The maximum Gasteiger partial charge on any atom is 0.412 e. The molecule has 1 atom stereocenters. The monoisotopic (exact) mass is 341 g/mol. The molecule has 23 heavy (non-hydrogen) atoms. The summed E-state index contributed by atoms with van der Waals surface area (Å²) in [5, 5.41) is 0. The van der Waals surface area contributed by atoms with Gasteiger partial charge in [-0.15, -0.1) is 0 Å². The van der Waals surface area contributed by atoms with Crippen LogP contribution in [0, 0.1) is 0 Å². The second-order valence-corrected chi connectivity index (χ2v) is 8.74. The van der Waals surface area contributed by atoms with Crippen molar-refractivity contribution in [3.05, 3.63) is 29.3 Å². The van der Waals surface area contributed by atoms with Crippen LogP contribution in [-0.4, -0.2) is 37.9 Å². The third kappa shape index (κ3) is 3.67. The van der Waals surface area contributed by atoms with E-state index in [0.29, 0.717) is 0 Å². The summed E-state index contributed by atoms with van der Waals surface area (Å²) in [5.74, 6) is 0.0370. The number of ether oxygens (including phenoxy) is 2. The molecule has 0 aliphatic carbocycles. The molecule has 1 aromatic carbocycles. The summed E-state index contributed by atoms with van der Waals surface area (Å²) in [7, 11) is -1.78. The Labute approximate surface area is 137 Å². The van der Waals surface area contributed by atoms with E-state index in [1.54, 1.807) is 45.9 Å². The number of methoxy groups -OCH3 is 1. The minimum Gasteiger partial charge on any atom is -0.444 e. The molecule has 0 saturated carbocycles. The molecule has 2 rings (SSSR count). The van der Waals surface area contributed by atoms with E-state index in [4.69, 9.17) is 9.47 Å². The predicted octanol–water partition coefficient (Wildman–Crippen LogP) is 2.88. The highest BCUT2D eigenvalue weighted by molar-refractivity contribution is 7.91. The van der Waals surface area contributed by atoms with E-state index in [1.165, 1.54) is 12.0 Å². The van der Waals surface area contributed by atoms with Crippen LogP contribution in [0.5, 0.6) is 0 Å². The highest BCUT2D eigenvalue weighted by Gasteiger charge is 2.36. The summed E-state index contributed by atoms with van der Waals surface area (Å²) in [6.07, 6.45) is -1.06. The third-order valence-corrected chi connectivity index (χ3v) is 5.33. The molecule has 6 nitrogen and oxygen atoms in total. The fourth-order valence-corrected chi connectivity index (χ4v) is 3.42. The van der Waals surface area contributed by atoms with Crippen molar-refractivity contribution < 1.29 is 22.7 Å². The van der Waals surface area contributed by atoms with Crippen molar-refractivity contribution in [3.63, 3.8) is 0 Å². The van der Waals surface area contributed by atoms with Crippen LogP contribution in [0.3, 0.4) is 0 Å². The number of amides is 1. The normalized spacial score (nSPS) is 18.0. The van der Waals surface area contributed by atoms with Gasteiger partial charge in [-0.3, -0.25) is 4.90 Å². The van der Waals surface area contributed by atoms with Crippen molar-refractivity contribution in [3.8, 4) is 0 Å². The maximum atomic E-state index is 12.3.